The van der Waals surface area contributed by atoms with Gasteiger partial charge < -0.3 is 15.0 Å². The zero-order valence-corrected chi connectivity index (χ0v) is 11.5. The van der Waals surface area contributed by atoms with E-state index in [0.717, 1.165) is 25.7 Å². The molecule has 1 rings (SSSR count). The fraction of sp³-hybridized carbons (Fsp3) is 0.462. The lowest BCUT2D eigenvalue weighted by atomic mass is 10.2. The van der Waals surface area contributed by atoms with Gasteiger partial charge in [-0.15, -0.1) is 0 Å². The normalized spacial score (nSPS) is 12.1. The van der Waals surface area contributed by atoms with Crippen molar-refractivity contribution in [3.05, 3.63) is 29.8 Å². The van der Waals surface area contributed by atoms with Crippen LogP contribution in [0, 0.1) is 0 Å². The van der Waals surface area contributed by atoms with Crippen LogP contribution < -0.4 is 5.32 Å². The summed E-state index contributed by atoms with van der Waals surface area (Å²) in [6.45, 7) is 0.772. The highest BCUT2D eigenvalue weighted by Gasteiger charge is 2.07. The maximum Gasteiger partial charge on any atom is 0.251 e. The van der Waals surface area contributed by atoms with Crippen molar-refractivity contribution < 1.29 is 18.7 Å². The van der Waals surface area contributed by atoms with Crippen LogP contribution in [-0.2, 0) is 11.1 Å². The van der Waals surface area contributed by atoms with Gasteiger partial charge in [-0.05, 0) is 31.0 Å². The molecule has 5 nitrogen and oxygen atoms in total. The second kappa shape index (κ2) is 8.79. The van der Waals surface area contributed by atoms with E-state index in [2.05, 4.69) is 5.32 Å². The number of rotatable bonds is 8. The number of aliphatic hydroxyl groups excluding tert-OH is 1. The topological polar surface area (TPSA) is 86.6 Å². The van der Waals surface area contributed by atoms with Crippen molar-refractivity contribution in [2.75, 3.05) is 13.2 Å². The Balaban J connectivity index is 2.37. The van der Waals surface area contributed by atoms with Gasteiger partial charge in [-0.25, -0.2) is 4.21 Å². The van der Waals surface area contributed by atoms with E-state index in [1.165, 1.54) is 12.1 Å². The molecular formula is C13H19NO4S. The van der Waals surface area contributed by atoms with Crippen molar-refractivity contribution in [2.24, 2.45) is 0 Å². The Bertz CT molecular complexity index is 436. The Hall–Kier alpha value is -1.24. The van der Waals surface area contributed by atoms with Crippen LogP contribution >= 0.6 is 0 Å². The molecule has 0 aliphatic heterocycles. The largest absolute Gasteiger partial charge is 0.396 e. The summed E-state index contributed by atoms with van der Waals surface area (Å²) in [6, 6.07) is 6.11. The predicted molar refractivity (Wildman–Crippen MR) is 73.4 cm³/mol. The summed E-state index contributed by atoms with van der Waals surface area (Å²) < 4.78 is 19.8. The van der Waals surface area contributed by atoms with E-state index in [1.54, 1.807) is 12.1 Å². The third kappa shape index (κ3) is 5.96. The maximum atomic E-state index is 11.8. The van der Waals surface area contributed by atoms with Gasteiger partial charge in [0.1, 0.15) is 0 Å². The smallest absolute Gasteiger partial charge is 0.251 e. The Morgan fingerprint density at radius 2 is 1.95 bits per heavy atom. The van der Waals surface area contributed by atoms with E-state index in [0.29, 0.717) is 12.1 Å². The first-order chi connectivity index (χ1) is 9.15. The molecule has 0 aromatic heterocycles. The van der Waals surface area contributed by atoms with Gasteiger partial charge in [-0.1, -0.05) is 18.9 Å². The summed E-state index contributed by atoms with van der Waals surface area (Å²) in [6.07, 6.45) is 3.56. The molecule has 3 N–H and O–H groups in total. The van der Waals surface area contributed by atoms with Gasteiger partial charge in [-0.2, -0.15) is 0 Å². The molecule has 0 saturated heterocycles. The van der Waals surface area contributed by atoms with Crippen LogP contribution in [0.4, 0.5) is 0 Å². The van der Waals surface area contributed by atoms with E-state index in [1.807, 2.05) is 0 Å². The zero-order chi connectivity index (χ0) is 14.1. The second-order valence-corrected chi connectivity index (χ2v) is 5.14. The highest BCUT2D eigenvalue weighted by atomic mass is 32.2. The summed E-state index contributed by atoms with van der Waals surface area (Å²) in [5.41, 5.74) is 0.384. The lowest BCUT2D eigenvalue weighted by Crippen LogP contribution is -2.24. The molecule has 1 amide bonds. The highest BCUT2D eigenvalue weighted by Crippen LogP contribution is 2.08. The lowest BCUT2D eigenvalue weighted by Gasteiger charge is -2.05. The highest BCUT2D eigenvalue weighted by molar-refractivity contribution is 7.79. The molecule has 0 fully saturated rings. The molecule has 0 bridgehead atoms. The van der Waals surface area contributed by atoms with Crippen LogP contribution in [0.25, 0.3) is 0 Å². The molecule has 0 saturated carbocycles. The van der Waals surface area contributed by atoms with Crippen LogP contribution in [0.15, 0.2) is 29.2 Å². The number of hydrogen-bond donors (Lipinski definition) is 3. The number of aliphatic hydroxyl groups is 1. The Morgan fingerprint density at radius 3 is 2.63 bits per heavy atom. The fourth-order valence-electron chi connectivity index (χ4n) is 1.64. The average Bonchev–Trinajstić information content (AvgIpc) is 2.42. The second-order valence-electron chi connectivity index (χ2n) is 4.17. The van der Waals surface area contributed by atoms with E-state index in [4.69, 9.17) is 9.66 Å². The molecule has 0 radical (unpaired) electrons. The minimum atomic E-state index is -2.07. The quantitative estimate of drug-likeness (QED) is 0.499. The van der Waals surface area contributed by atoms with Crippen molar-refractivity contribution >= 4 is 17.0 Å². The van der Waals surface area contributed by atoms with Gasteiger partial charge >= 0.3 is 0 Å². The molecule has 0 aliphatic rings. The van der Waals surface area contributed by atoms with Crippen LogP contribution in [0.3, 0.4) is 0 Å². The molecular weight excluding hydrogens is 266 g/mol. The first kappa shape index (κ1) is 15.8. The van der Waals surface area contributed by atoms with E-state index >= 15 is 0 Å². The van der Waals surface area contributed by atoms with E-state index in [9.17, 15) is 9.00 Å². The lowest BCUT2D eigenvalue weighted by molar-refractivity contribution is 0.0952. The van der Waals surface area contributed by atoms with Gasteiger partial charge in [0.2, 0.25) is 0 Å². The molecule has 6 heteroatoms. The van der Waals surface area contributed by atoms with Crippen LogP contribution in [-0.4, -0.2) is 32.9 Å². The van der Waals surface area contributed by atoms with Gasteiger partial charge in [0.25, 0.3) is 5.91 Å². The minimum Gasteiger partial charge on any atom is -0.396 e. The average molecular weight is 285 g/mol. The third-order valence-electron chi connectivity index (χ3n) is 2.67. The zero-order valence-electron chi connectivity index (χ0n) is 10.7. The number of carbonyl (C=O) groups is 1. The Morgan fingerprint density at radius 1 is 1.21 bits per heavy atom. The van der Waals surface area contributed by atoms with Crippen LogP contribution in [0.5, 0.6) is 0 Å². The Kier molecular flexibility index (Phi) is 7.32. The monoisotopic (exact) mass is 285 g/mol. The number of amides is 1. The molecule has 0 spiro atoms. The van der Waals surface area contributed by atoms with Crippen molar-refractivity contribution in [3.63, 3.8) is 0 Å². The van der Waals surface area contributed by atoms with Gasteiger partial charge in [-0.3, -0.25) is 4.79 Å². The number of nitrogens with one attached hydrogen (secondary N) is 1. The molecule has 106 valence electrons. The van der Waals surface area contributed by atoms with Gasteiger partial charge in [0.05, 0.1) is 4.90 Å². The summed E-state index contributed by atoms with van der Waals surface area (Å²) in [7, 11) is 0. The first-order valence-electron chi connectivity index (χ1n) is 6.25. The number of hydrogen-bond acceptors (Lipinski definition) is 3. The standard InChI is InChI=1S/C13H19NO4S/c15-9-4-2-1-3-8-14-13(16)11-6-5-7-12(10-11)19(17)18/h5-7,10,15H,1-4,8-9H2,(H,14,16)(H,17,18). The van der Waals surface area contributed by atoms with Crippen molar-refractivity contribution in [1.29, 1.82) is 0 Å². The summed E-state index contributed by atoms with van der Waals surface area (Å²) >= 11 is -2.07. The van der Waals surface area contributed by atoms with Gasteiger partial charge in [0, 0.05) is 18.7 Å². The van der Waals surface area contributed by atoms with Gasteiger partial charge in [0.15, 0.2) is 11.1 Å². The summed E-state index contributed by atoms with van der Waals surface area (Å²) in [4.78, 5) is 12.0. The van der Waals surface area contributed by atoms with Crippen LogP contribution in [0.2, 0.25) is 0 Å². The molecule has 0 heterocycles. The Labute approximate surface area is 115 Å². The van der Waals surface area contributed by atoms with E-state index < -0.39 is 11.1 Å². The molecule has 1 aromatic carbocycles. The van der Waals surface area contributed by atoms with Crippen molar-refractivity contribution in [2.45, 2.75) is 30.6 Å². The fourth-order valence-corrected chi connectivity index (χ4v) is 2.06. The minimum absolute atomic E-state index is 0.206. The molecule has 0 aliphatic carbocycles. The van der Waals surface area contributed by atoms with E-state index in [-0.39, 0.29) is 17.4 Å². The molecule has 1 unspecified atom stereocenters. The third-order valence-corrected chi connectivity index (χ3v) is 3.33. The number of carbonyl (C=O) groups excluding carboxylic acids is 1. The molecule has 19 heavy (non-hydrogen) atoms. The first-order valence-corrected chi connectivity index (χ1v) is 7.36. The van der Waals surface area contributed by atoms with Crippen molar-refractivity contribution in [1.82, 2.24) is 5.32 Å². The predicted octanol–water partition coefficient (Wildman–Crippen LogP) is 1.55. The number of unbranched alkanes of at least 4 members (excludes halogenated alkanes) is 3. The summed E-state index contributed by atoms with van der Waals surface area (Å²) in [5.74, 6) is -0.241. The summed E-state index contributed by atoms with van der Waals surface area (Å²) in [5, 5.41) is 11.4. The van der Waals surface area contributed by atoms with Crippen LogP contribution in [0.1, 0.15) is 36.0 Å². The SMILES string of the molecule is O=C(NCCCCCCO)c1cccc(S(=O)O)c1. The van der Waals surface area contributed by atoms with Crippen molar-refractivity contribution in [3.8, 4) is 0 Å². The maximum absolute atomic E-state index is 11.8. The number of benzene rings is 1. The molecule has 1 aromatic rings. The molecule has 1 atom stereocenters.